The van der Waals surface area contributed by atoms with Crippen LogP contribution in [0.25, 0.3) is 6.08 Å². The standard InChI is InChI=1S/C24H28O4/c1-17(14-22(26)28-5)12-13-24(27)20(15-21(25)16-23(24,3)4)11-10-19-9-7-6-8-18(19)2/h6-15,27H,16H2,1-5H3/b11-10+,13-12+,17-14-/t24-/m1/s1. The first-order chi connectivity index (χ1) is 13.1. The zero-order valence-corrected chi connectivity index (χ0v) is 17.2. The number of carbonyl (C=O) groups is 2. The van der Waals surface area contributed by atoms with E-state index in [1.165, 1.54) is 19.3 Å². The van der Waals surface area contributed by atoms with Crippen molar-refractivity contribution in [3.8, 4) is 0 Å². The van der Waals surface area contributed by atoms with Crippen LogP contribution in [0.15, 0.2) is 65.8 Å². The van der Waals surface area contributed by atoms with Crippen molar-refractivity contribution in [3.05, 3.63) is 76.9 Å². The summed E-state index contributed by atoms with van der Waals surface area (Å²) in [5.41, 5.74) is 1.25. The van der Waals surface area contributed by atoms with Crippen LogP contribution in [-0.4, -0.2) is 29.6 Å². The van der Waals surface area contributed by atoms with Gasteiger partial charge in [0.05, 0.1) is 7.11 Å². The average molecular weight is 380 g/mol. The Morgan fingerprint density at radius 2 is 1.89 bits per heavy atom. The van der Waals surface area contributed by atoms with E-state index in [0.717, 1.165) is 11.1 Å². The van der Waals surface area contributed by atoms with E-state index < -0.39 is 17.0 Å². The highest BCUT2D eigenvalue weighted by Gasteiger charge is 2.47. The minimum atomic E-state index is -1.36. The topological polar surface area (TPSA) is 63.6 Å². The van der Waals surface area contributed by atoms with E-state index in [4.69, 9.17) is 0 Å². The molecule has 0 radical (unpaired) electrons. The minimum absolute atomic E-state index is 0.0191. The van der Waals surface area contributed by atoms with Gasteiger partial charge in [-0.15, -0.1) is 0 Å². The predicted octanol–water partition coefficient (Wildman–Crippen LogP) is 4.34. The molecule has 1 aromatic carbocycles. The molecular weight excluding hydrogens is 352 g/mol. The summed E-state index contributed by atoms with van der Waals surface area (Å²) in [6, 6.07) is 7.91. The molecule has 0 aliphatic heterocycles. The summed E-state index contributed by atoms with van der Waals surface area (Å²) < 4.78 is 4.63. The molecule has 4 heteroatoms. The molecule has 28 heavy (non-hydrogen) atoms. The summed E-state index contributed by atoms with van der Waals surface area (Å²) >= 11 is 0. The minimum Gasteiger partial charge on any atom is -0.466 e. The lowest BCUT2D eigenvalue weighted by atomic mass is 9.64. The van der Waals surface area contributed by atoms with Crippen LogP contribution in [-0.2, 0) is 14.3 Å². The molecule has 0 heterocycles. The number of hydrogen-bond donors (Lipinski definition) is 1. The number of ether oxygens (including phenoxy) is 1. The zero-order valence-electron chi connectivity index (χ0n) is 17.2. The quantitative estimate of drug-likeness (QED) is 0.469. The van der Waals surface area contributed by atoms with Gasteiger partial charge in [-0.05, 0) is 48.3 Å². The lowest BCUT2D eigenvalue weighted by Gasteiger charge is -2.44. The van der Waals surface area contributed by atoms with Gasteiger partial charge in [0.1, 0.15) is 5.60 Å². The zero-order chi connectivity index (χ0) is 20.9. The lowest BCUT2D eigenvalue weighted by molar-refractivity contribution is -0.134. The van der Waals surface area contributed by atoms with Gasteiger partial charge in [0.2, 0.25) is 0 Å². The van der Waals surface area contributed by atoms with Crippen LogP contribution in [0.3, 0.4) is 0 Å². The fraction of sp³-hybridized carbons (Fsp3) is 0.333. The van der Waals surface area contributed by atoms with Gasteiger partial charge in [-0.2, -0.15) is 0 Å². The molecule has 2 rings (SSSR count). The van der Waals surface area contributed by atoms with Gasteiger partial charge in [-0.1, -0.05) is 56.3 Å². The second-order valence-electron chi connectivity index (χ2n) is 7.83. The van der Waals surface area contributed by atoms with Gasteiger partial charge in [-0.3, -0.25) is 4.79 Å². The van der Waals surface area contributed by atoms with Gasteiger partial charge < -0.3 is 9.84 Å². The van der Waals surface area contributed by atoms with Crippen molar-refractivity contribution in [2.75, 3.05) is 7.11 Å². The van der Waals surface area contributed by atoms with Crippen molar-refractivity contribution in [1.82, 2.24) is 0 Å². The number of ketones is 1. The Hall–Kier alpha value is -2.72. The highest BCUT2D eigenvalue weighted by Crippen LogP contribution is 2.45. The molecule has 0 saturated carbocycles. The molecule has 1 N–H and O–H groups in total. The van der Waals surface area contributed by atoms with Crippen molar-refractivity contribution < 1.29 is 19.4 Å². The fourth-order valence-electron chi connectivity index (χ4n) is 3.29. The molecule has 0 fully saturated rings. The second-order valence-corrected chi connectivity index (χ2v) is 7.83. The Kier molecular flexibility index (Phi) is 6.57. The molecule has 1 aromatic rings. The number of hydrogen-bond acceptors (Lipinski definition) is 4. The van der Waals surface area contributed by atoms with Gasteiger partial charge in [0, 0.05) is 17.9 Å². The first-order valence-corrected chi connectivity index (χ1v) is 9.25. The molecule has 0 unspecified atom stereocenters. The Labute approximate surface area is 166 Å². The van der Waals surface area contributed by atoms with Crippen molar-refractivity contribution in [3.63, 3.8) is 0 Å². The van der Waals surface area contributed by atoms with Gasteiger partial charge in [0.25, 0.3) is 0 Å². The summed E-state index contributed by atoms with van der Waals surface area (Å²) in [4.78, 5) is 23.7. The summed E-state index contributed by atoms with van der Waals surface area (Å²) in [5, 5.41) is 11.6. The Balaban J connectivity index is 2.45. The number of benzene rings is 1. The molecule has 148 valence electrons. The van der Waals surface area contributed by atoms with E-state index in [2.05, 4.69) is 4.74 Å². The maximum Gasteiger partial charge on any atom is 0.330 e. The number of carbonyl (C=O) groups excluding carboxylic acids is 2. The fourth-order valence-corrected chi connectivity index (χ4v) is 3.29. The van der Waals surface area contributed by atoms with E-state index in [1.54, 1.807) is 25.2 Å². The average Bonchev–Trinajstić information content (AvgIpc) is 2.62. The number of aliphatic hydroxyl groups is 1. The van der Waals surface area contributed by atoms with Crippen molar-refractivity contribution in [2.24, 2.45) is 5.41 Å². The van der Waals surface area contributed by atoms with Gasteiger partial charge in [-0.25, -0.2) is 4.79 Å². The molecule has 1 atom stereocenters. The highest BCUT2D eigenvalue weighted by molar-refractivity contribution is 5.94. The third-order valence-corrected chi connectivity index (χ3v) is 5.17. The molecule has 4 nitrogen and oxygen atoms in total. The largest absolute Gasteiger partial charge is 0.466 e. The van der Waals surface area contributed by atoms with Crippen molar-refractivity contribution in [2.45, 2.75) is 39.7 Å². The number of aryl methyl sites for hydroxylation is 1. The smallest absolute Gasteiger partial charge is 0.330 e. The maximum atomic E-state index is 12.3. The Morgan fingerprint density at radius 3 is 2.54 bits per heavy atom. The monoisotopic (exact) mass is 380 g/mol. The van der Waals surface area contributed by atoms with E-state index in [9.17, 15) is 14.7 Å². The third kappa shape index (κ3) is 4.76. The van der Waals surface area contributed by atoms with Crippen LogP contribution in [0.1, 0.15) is 38.3 Å². The summed E-state index contributed by atoms with van der Waals surface area (Å²) in [5.74, 6) is -0.475. The van der Waals surface area contributed by atoms with Crippen molar-refractivity contribution in [1.29, 1.82) is 0 Å². The number of rotatable bonds is 5. The first kappa shape index (κ1) is 21.6. The van der Waals surface area contributed by atoms with E-state index in [-0.39, 0.29) is 12.2 Å². The van der Waals surface area contributed by atoms with E-state index in [0.29, 0.717) is 11.1 Å². The van der Waals surface area contributed by atoms with Crippen LogP contribution in [0.4, 0.5) is 0 Å². The molecule has 0 bridgehead atoms. The van der Waals surface area contributed by atoms with Gasteiger partial charge >= 0.3 is 5.97 Å². The summed E-state index contributed by atoms with van der Waals surface area (Å²) in [6.07, 6.45) is 10.1. The number of esters is 1. The molecule has 1 aliphatic rings. The van der Waals surface area contributed by atoms with Crippen LogP contribution in [0, 0.1) is 12.3 Å². The molecule has 0 spiro atoms. The second kappa shape index (κ2) is 8.53. The maximum absolute atomic E-state index is 12.3. The van der Waals surface area contributed by atoms with Gasteiger partial charge in [0.15, 0.2) is 5.78 Å². The molecule has 1 aliphatic carbocycles. The highest BCUT2D eigenvalue weighted by atomic mass is 16.5. The predicted molar refractivity (Wildman–Crippen MR) is 112 cm³/mol. The lowest BCUT2D eigenvalue weighted by Crippen LogP contribution is -2.48. The molecular formula is C24H28O4. The Bertz CT molecular complexity index is 884. The normalized spacial score (nSPS) is 22.6. The summed E-state index contributed by atoms with van der Waals surface area (Å²) in [6.45, 7) is 7.49. The molecule has 0 saturated heterocycles. The van der Waals surface area contributed by atoms with Crippen molar-refractivity contribution >= 4 is 17.8 Å². The van der Waals surface area contributed by atoms with E-state index >= 15 is 0 Å². The molecule has 0 amide bonds. The first-order valence-electron chi connectivity index (χ1n) is 9.25. The van der Waals surface area contributed by atoms with Crippen LogP contribution in [0.2, 0.25) is 0 Å². The summed E-state index contributed by atoms with van der Waals surface area (Å²) in [7, 11) is 1.32. The van der Waals surface area contributed by atoms with E-state index in [1.807, 2.05) is 51.1 Å². The Morgan fingerprint density at radius 1 is 1.21 bits per heavy atom. The van der Waals surface area contributed by atoms with Crippen LogP contribution in [0.5, 0.6) is 0 Å². The van der Waals surface area contributed by atoms with Crippen LogP contribution < -0.4 is 0 Å². The number of methoxy groups -OCH3 is 1. The number of allylic oxidation sites excluding steroid dienone is 3. The van der Waals surface area contributed by atoms with Crippen LogP contribution >= 0.6 is 0 Å². The SMILES string of the molecule is COC(=O)/C=C(C)\C=C\[C@@]1(O)C(/C=C/c2ccccc2C)=CC(=O)CC1(C)C. The molecule has 0 aromatic heterocycles. The third-order valence-electron chi connectivity index (χ3n) is 5.17.